The molecule has 8 heteroatoms. The topological polar surface area (TPSA) is 78.3 Å². The van der Waals surface area contributed by atoms with Gasteiger partial charge in [-0.1, -0.05) is 17.4 Å². The van der Waals surface area contributed by atoms with E-state index in [0.717, 1.165) is 38.9 Å². The lowest BCUT2D eigenvalue weighted by Gasteiger charge is -2.02. The molecule has 3 aromatic rings. The summed E-state index contributed by atoms with van der Waals surface area (Å²) in [6, 6.07) is 5.83. The molecule has 1 aromatic carbocycles. The summed E-state index contributed by atoms with van der Waals surface area (Å²) in [7, 11) is 0. The highest BCUT2D eigenvalue weighted by atomic mass is 79.9. The average molecular weight is 366 g/mol. The fraction of sp³-hybridized carbons (Fsp3) is 0.308. The van der Waals surface area contributed by atoms with E-state index in [4.69, 9.17) is 10.5 Å². The number of fused-ring (bicyclic) bond motifs is 1. The van der Waals surface area contributed by atoms with E-state index >= 15 is 0 Å². The van der Waals surface area contributed by atoms with E-state index in [9.17, 15) is 0 Å². The summed E-state index contributed by atoms with van der Waals surface area (Å²) in [5.41, 5.74) is 7.62. The maximum atomic E-state index is 5.94. The third-order valence-corrected chi connectivity index (χ3v) is 5.22. The minimum Gasteiger partial charge on any atom is -0.398 e. The van der Waals surface area contributed by atoms with Crippen molar-refractivity contribution in [1.82, 2.24) is 19.8 Å². The normalized spacial score (nSPS) is 18.6. The van der Waals surface area contributed by atoms with E-state index in [0.29, 0.717) is 12.3 Å². The molecule has 0 radical (unpaired) electrons. The number of ether oxygens (including phenoxy) is 1. The Morgan fingerprint density at radius 1 is 1.38 bits per heavy atom. The molecule has 0 amide bonds. The van der Waals surface area contributed by atoms with Crippen LogP contribution in [0.5, 0.6) is 0 Å². The van der Waals surface area contributed by atoms with Crippen molar-refractivity contribution in [3.63, 3.8) is 0 Å². The Morgan fingerprint density at radius 3 is 3.05 bits per heavy atom. The largest absolute Gasteiger partial charge is 0.398 e. The molecule has 1 aliphatic rings. The van der Waals surface area contributed by atoms with E-state index in [1.165, 1.54) is 11.3 Å². The summed E-state index contributed by atoms with van der Waals surface area (Å²) in [4.78, 5) is 0.799. The number of aromatic nitrogens is 4. The van der Waals surface area contributed by atoms with Gasteiger partial charge < -0.3 is 10.5 Å². The Bertz CT molecular complexity index is 808. The predicted octanol–water partition coefficient (Wildman–Crippen LogP) is 2.70. The first-order valence-electron chi connectivity index (χ1n) is 6.57. The third-order valence-electron chi connectivity index (χ3n) is 3.55. The van der Waals surface area contributed by atoms with Gasteiger partial charge in [-0.15, -0.1) is 10.2 Å². The first-order valence-corrected chi connectivity index (χ1v) is 8.18. The van der Waals surface area contributed by atoms with Crippen molar-refractivity contribution in [2.75, 3.05) is 18.9 Å². The first-order chi connectivity index (χ1) is 10.2. The van der Waals surface area contributed by atoms with Crippen LogP contribution >= 0.6 is 27.3 Å². The van der Waals surface area contributed by atoms with E-state index in [1.54, 1.807) is 0 Å². The van der Waals surface area contributed by atoms with Gasteiger partial charge in [0.25, 0.3) is 0 Å². The van der Waals surface area contributed by atoms with Crippen LogP contribution < -0.4 is 5.73 Å². The molecule has 1 saturated heterocycles. The zero-order valence-electron chi connectivity index (χ0n) is 11.0. The van der Waals surface area contributed by atoms with Gasteiger partial charge in [0.1, 0.15) is 5.01 Å². The SMILES string of the molecule is Nc1cc(-c2nn3c(C4CCOC4)nnc3s2)ccc1Br. The molecule has 108 valence electrons. The molecule has 2 aromatic heterocycles. The van der Waals surface area contributed by atoms with Crippen molar-refractivity contribution in [1.29, 1.82) is 0 Å². The van der Waals surface area contributed by atoms with Gasteiger partial charge in [0.2, 0.25) is 4.96 Å². The lowest BCUT2D eigenvalue weighted by Crippen LogP contribution is -2.04. The van der Waals surface area contributed by atoms with Gasteiger partial charge in [0.15, 0.2) is 5.82 Å². The van der Waals surface area contributed by atoms with Crippen LogP contribution in [0.2, 0.25) is 0 Å². The Hall–Kier alpha value is -1.51. The summed E-state index contributed by atoms with van der Waals surface area (Å²) >= 11 is 4.91. The van der Waals surface area contributed by atoms with Gasteiger partial charge in [-0.25, -0.2) is 0 Å². The van der Waals surface area contributed by atoms with Crippen LogP contribution in [-0.4, -0.2) is 33.0 Å². The number of benzene rings is 1. The fourth-order valence-corrected chi connectivity index (χ4v) is 3.51. The highest BCUT2D eigenvalue weighted by Crippen LogP contribution is 2.32. The second kappa shape index (κ2) is 5.04. The number of nitrogens with zero attached hydrogens (tertiary/aromatic N) is 4. The molecule has 4 rings (SSSR count). The number of nitrogen functional groups attached to an aromatic ring is 1. The van der Waals surface area contributed by atoms with Gasteiger partial charge in [0, 0.05) is 28.2 Å². The predicted molar refractivity (Wildman–Crippen MR) is 84.4 cm³/mol. The molecule has 1 unspecified atom stereocenters. The smallest absolute Gasteiger partial charge is 0.234 e. The number of anilines is 1. The molecule has 1 aliphatic heterocycles. The van der Waals surface area contributed by atoms with Crippen molar-refractivity contribution < 1.29 is 4.74 Å². The minimum absolute atomic E-state index is 0.282. The molecule has 3 heterocycles. The average Bonchev–Trinajstić information content (AvgIpc) is 3.16. The van der Waals surface area contributed by atoms with Crippen LogP contribution in [0.4, 0.5) is 5.69 Å². The second-order valence-corrected chi connectivity index (χ2v) is 6.77. The van der Waals surface area contributed by atoms with Crippen molar-refractivity contribution in [3.05, 3.63) is 28.5 Å². The molecule has 0 aliphatic carbocycles. The van der Waals surface area contributed by atoms with Gasteiger partial charge in [-0.3, -0.25) is 0 Å². The maximum absolute atomic E-state index is 5.94. The lowest BCUT2D eigenvalue weighted by molar-refractivity contribution is 0.193. The summed E-state index contributed by atoms with van der Waals surface area (Å²) in [6.07, 6.45) is 0.971. The zero-order valence-corrected chi connectivity index (χ0v) is 13.4. The van der Waals surface area contributed by atoms with Crippen molar-refractivity contribution in [2.45, 2.75) is 12.3 Å². The molecule has 1 atom stereocenters. The molecule has 6 nitrogen and oxygen atoms in total. The minimum atomic E-state index is 0.282. The molecule has 21 heavy (non-hydrogen) atoms. The van der Waals surface area contributed by atoms with Crippen molar-refractivity contribution in [3.8, 4) is 10.6 Å². The summed E-state index contributed by atoms with van der Waals surface area (Å²) in [6.45, 7) is 1.47. The number of rotatable bonds is 2. The number of halogens is 1. The van der Waals surface area contributed by atoms with Crippen LogP contribution in [0.1, 0.15) is 18.2 Å². The fourth-order valence-electron chi connectivity index (χ4n) is 2.42. The maximum Gasteiger partial charge on any atom is 0.234 e. The number of hydrogen-bond acceptors (Lipinski definition) is 6. The molecule has 0 bridgehead atoms. The van der Waals surface area contributed by atoms with Crippen LogP contribution in [0.3, 0.4) is 0 Å². The van der Waals surface area contributed by atoms with E-state index in [1.807, 2.05) is 22.7 Å². The van der Waals surface area contributed by atoms with Gasteiger partial charge in [-0.05, 0) is 34.5 Å². The van der Waals surface area contributed by atoms with Crippen molar-refractivity contribution in [2.24, 2.45) is 0 Å². The van der Waals surface area contributed by atoms with Crippen molar-refractivity contribution >= 4 is 37.9 Å². The Labute approximate surface area is 133 Å². The van der Waals surface area contributed by atoms with Gasteiger partial charge in [-0.2, -0.15) is 9.61 Å². The highest BCUT2D eigenvalue weighted by Gasteiger charge is 2.25. The first kappa shape index (κ1) is 13.2. The third kappa shape index (κ3) is 2.23. The summed E-state index contributed by atoms with van der Waals surface area (Å²) in [5.74, 6) is 1.17. The van der Waals surface area contributed by atoms with Crippen LogP contribution in [0.25, 0.3) is 15.5 Å². The Balaban J connectivity index is 1.78. The highest BCUT2D eigenvalue weighted by molar-refractivity contribution is 9.10. The zero-order chi connectivity index (χ0) is 14.4. The Kier molecular flexibility index (Phi) is 3.16. The molecular formula is C13H12BrN5OS. The number of hydrogen-bond donors (Lipinski definition) is 1. The van der Waals surface area contributed by atoms with Crippen LogP contribution in [0.15, 0.2) is 22.7 Å². The standard InChI is InChI=1S/C13H12BrN5OS/c14-9-2-1-7(5-10(9)15)12-18-19-11(8-3-4-20-6-8)16-17-13(19)21-12/h1-2,5,8H,3-4,6,15H2. The van der Waals surface area contributed by atoms with E-state index < -0.39 is 0 Å². The van der Waals surface area contributed by atoms with Gasteiger partial charge >= 0.3 is 0 Å². The van der Waals surface area contributed by atoms with Crippen LogP contribution in [0, 0.1) is 0 Å². The molecule has 1 fully saturated rings. The monoisotopic (exact) mass is 365 g/mol. The lowest BCUT2D eigenvalue weighted by atomic mass is 10.1. The molecule has 2 N–H and O–H groups in total. The quantitative estimate of drug-likeness (QED) is 0.706. The number of nitrogens with two attached hydrogens (primary N) is 1. The molecule has 0 spiro atoms. The van der Waals surface area contributed by atoms with Gasteiger partial charge in [0.05, 0.1) is 6.61 Å². The van der Waals surface area contributed by atoms with E-state index in [2.05, 4.69) is 31.2 Å². The summed E-state index contributed by atoms with van der Waals surface area (Å²) in [5, 5.41) is 14.0. The van der Waals surface area contributed by atoms with Crippen LogP contribution in [-0.2, 0) is 4.74 Å². The second-order valence-electron chi connectivity index (χ2n) is 4.96. The Morgan fingerprint density at radius 2 is 2.29 bits per heavy atom. The summed E-state index contributed by atoms with van der Waals surface area (Å²) < 4.78 is 8.14. The molecular weight excluding hydrogens is 354 g/mol. The van der Waals surface area contributed by atoms with E-state index in [-0.39, 0.29) is 5.92 Å². The molecule has 0 saturated carbocycles.